The number of thiophene rings is 1. The van der Waals surface area contributed by atoms with Crippen molar-refractivity contribution in [3.05, 3.63) is 31.3 Å². The lowest BCUT2D eigenvalue weighted by atomic mass is 10.2. The minimum atomic E-state index is -0.529. The first-order valence-corrected chi connectivity index (χ1v) is 11.8. The summed E-state index contributed by atoms with van der Waals surface area (Å²) < 4.78 is 14.3. The number of hydrogen-bond donors (Lipinski definition) is 1. The van der Waals surface area contributed by atoms with Gasteiger partial charge in [0.25, 0.3) is 5.56 Å². The number of hydrogen-bond acceptors (Lipinski definition) is 7. The zero-order valence-electron chi connectivity index (χ0n) is 18.7. The van der Waals surface area contributed by atoms with Crippen molar-refractivity contribution in [1.29, 1.82) is 0 Å². The molecule has 2 aromatic heterocycles. The highest BCUT2D eigenvalue weighted by Crippen LogP contribution is 2.34. The van der Waals surface area contributed by atoms with Crippen LogP contribution < -0.4 is 16.6 Å². The Morgan fingerprint density at radius 2 is 2.00 bits per heavy atom. The average molecular weight is 450 g/mol. The highest BCUT2D eigenvalue weighted by atomic mass is 32.1. The maximum Gasteiger partial charge on any atom is 0.332 e. The summed E-state index contributed by atoms with van der Waals surface area (Å²) in [5.74, 6) is -0.322. The summed E-state index contributed by atoms with van der Waals surface area (Å²) in [4.78, 5) is 40.1. The van der Waals surface area contributed by atoms with Gasteiger partial charge < -0.3 is 14.8 Å². The molecule has 0 aromatic carbocycles. The molecule has 0 spiro atoms. The number of carbonyl (C=O) groups excluding carboxylic acids is 1. The van der Waals surface area contributed by atoms with Gasteiger partial charge in [0.15, 0.2) is 0 Å². The van der Waals surface area contributed by atoms with Crippen molar-refractivity contribution in [3.8, 4) is 0 Å². The van der Waals surface area contributed by atoms with Crippen LogP contribution in [-0.4, -0.2) is 40.0 Å². The van der Waals surface area contributed by atoms with Gasteiger partial charge in [-0.05, 0) is 58.9 Å². The number of ether oxygens (including phenoxy) is 2. The van der Waals surface area contributed by atoms with E-state index in [2.05, 4.69) is 5.32 Å². The van der Waals surface area contributed by atoms with Gasteiger partial charge in [-0.25, -0.2) is 4.79 Å². The van der Waals surface area contributed by atoms with Crippen LogP contribution in [0.4, 0.5) is 0 Å². The SMILES string of the molecule is Cc1c(CNCC(=O)OC(C)(C)C)sc2c1c(=O)n(C1CC1)c(=O)n2C[C@@H]1CCCO1. The van der Waals surface area contributed by atoms with Crippen molar-refractivity contribution in [2.75, 3.05) is 13.2 Å². The number of nitrogens with zero attached hydrogens (tertiary/aromatic N) is 2. The van der Waals surface area contributed by atoms with Crippen LogP contribution in [0, 0.1) is 6.92 Å². The lowest BCUT2D eigenvalue weighted by molar-refractivity contribution is -0.153. The molecule has 3 heterocycles. The number of nitrogens with one attached hydrogen (secondary N) is 1. The second-order valence-electron chi connectivity index (χ2n) is 9.45. The molecule has 31 heavy (non-hydrogen) atoms. The predicted octanol–water partition coefficient (Wildman–Crippen LogP) is 2.48. The third kappa shape index (κ3) is 4.78. The maximum atomic E-state index is 13.2. The maximum absolute atomic E-state index is 13.2. The third-order valence-corrected chi connectivity index (χ3v) is 6.95. The molecule has 0 unspecified atom stereocenters. The molecule has 2 aliphatic rings. The Bertz CT molecular complexity index is 1100. The normalized spacial score (nSPS) is 19.3. The van der Waals surface area contributed by atoms with Crippen molar-refractivity contribution in [3.63, 3.8) is 0 Å². The van der Waals surface area contributed by atoms with E-state index in [9.17, 15) is 14.4 Å². The van der Waals surface area contributed by atoms with Gasteiger partial charge in [-0.1, -0.05) is 0 Å². The summed E-state index contributed by atoms with van der Waals surface area (Å²) in [5, 5.41) is 3.73. The molecule has 2 aromatic rings. The molecular weight excluding hydrogens is 418 g/mol. The van der Waals surface area contributed by atoms with Gasteiger partial charge in [-0.2, -0.15) is 0 Å². The first kappa shape index (κ1) is 22.2. The van der Waals surface area contributed by atoms with E-state index in [1.807, 2.05) is 27.7 Å². The van der Waals surface area contributed by atoms with Crippen LogP contribution in [0.5, 0.6) is 0 Å². The fourth-order valence-electron chi connectivity index (χ4n) is 4.04. The molecule has 2 fully saturated rings. The van der Waals surface area contributed by atoms with E-state index in [1.54, 1.807) is 4.57 Å². The second-order valence-corrected chi connectivity index (χ2v) is 10.5. The van der Waals surface area contributed by atoms with E-state index >= 15 is 0 Å². The van der Waals surface area contributed by atoms with Crippen molar-refractivity contribution in [2.24, 2.45) is 0 Å². The van der Waals surface area contributed by atoms with Crippen LogP contribution in [0.25, 0.3) is 10.2 Å². The number of aromatic nitrogens is 2. The minimum Gasteiger partial charge on any atom is -0.459 e. The van der Waals surface area contributed by atoms with Crippen molar-refractivity contribution in [2.45, 2.75) is 84.2 Å². The minimum absolute atomic E-state index is 0.00204. The number of rotatable bonds is 7. The van der Waals surface area contributed by atoms with Gasteiger partial charge in [0, 0.05) is 24.1 Å². The Kier molecular flexibility index (Phi) is 6.11. The molecular formula is C22H31N3O5S. The van der Waals surface area contributed by atoms with E-state index in [4.69, 9.17) is 9.47 Å². The topological polar surface area (TPSA) is 91.6 Å². The molecule has 4 rings (SSSR count). The molecule has 9 heteroatoms. The van der Waals surface area contributed by atoms with Crippen molar-refractivity contribution in [1.82, 2.24) is 14.5 Å². The van der Waals surface area contributed by atoms with E-state index in [0.717, 1.165) is 36.1 Å². The van der Waals surface area contributed by atoms with Crippen LogP contribution >= 0.6 is 11.3 Å². The summed E-state index contributed by atoms with van der Waals surface area (Å²) in [5.41, 5.74) is -0.0844. The molecule has 1 saturated carbocycles. The molecule has 1 atom stereocenters. The smallest absolute Gasteiger partial charge is 0.332 e. The summed E-state index contributed by atoms with van der Waals surface area (Å²) in [6.45, 7) is 9.11. The van der Waals surface area contributed by atoms with Gasteiger partial charge in [0.1, 0.15) is 10.4 Å². The van der Waals surface area contributed by atoms with Gasteiger partial charge in [-0.3, -0.25) is 18.7 Å². The molecule has 170 valence electrons. The highest BCUT2D eigenvalue weighted by molar-refractivity contribution is 7.18. The molecule has 8 nitrogen and oxygen atoms in total. The number of esters is 1. The second kappa shape index (κ2) is 8.52. The van der Waals surface area contributed by atoms with Crippen LogP contribution in [0.15, 0.2) is 9.59 Å². The number of fused-ring (bicyclic) bond motifs is 1. The Morgan fingerprint density at radius 1 is 1.26 bits per heavy atom. The molecule has 0 bridgehead atoms. The molecule has 1 aliphatic carbocycles. The summed E-state index contributed by atoms with van der Waals surface area (Å²) >= 11 is 1.45. The zero-order valence-corrected chi connectivity index (χ0v) is 19.5. The first-order chi connectivity index (χ1) is 14.7. The van der Waals surface area contributed by atoms with Crippen molar-refractivity contribution < 1.29 is 14.3 Å². The zero-order chi connectivity index (χ0) is 22.3. The fraction of sp³-hybridized carbons (Fsp3) is 0.682. The Morgan fingerprint density at radius 3 is 2.61 bits per heavy atom. The average Bonchev–Trinajstić information content (AvgIpc) is 3.25. The van der Waals surface area contributed by atoms with Crippen LogP contribution in [0.3, 0.4) is 0 Å². The summed E-state index contributed by atoms with van der Waals surface area (Å²) in [6.07, 6.45) is 3.66. The largest absolute Gasteiger partial charge is 0.459 e. The van der Waals surface area contributed by atoms with E-state index in [1.165, 1.54) is 15.9 Å². The fourth-order valence-corrected chi connectivity index (χ4v) is 5.31. The molecule has 1 saturated heterocycles. The van der Waals surface area contributed by atoms with Crippen molar-refractivity contribution >= 4 is 27.5 Å². The van der Waals surface area contributed by atoms with Crippen LogP contribution in [0.2, 0.25) is 0 Å². The van der Waals surface area contributed by atoms with Crippen LogP contribution in [0.1, 0.15) is 62.9 Å². The standard InChI is InChI=1S/C22H31N3O5S/c1-13-16(10-23-11-17(26)30-22(2,3)4)31-20-18(13)19(27)25(14-7-8-14)21(28)24(20)12-15-6-5-9-29-15/h14-15,23H,5-12H2,1-4H3/t15-/m0/s1. The monoisotopic (exact) mass is 449 g/mol. The quantitative estimate of drug-likeness (QED) is 0.653. The number of carbonyl (C=O) groups is 1. The molecule has 0 radical (unpaired) electrons. The lowest BCUT2D eigenvalue weighted by Crippen LogP contribution is -2.40. The van der Waals surface area contributed by atoms with E-state index in [-0.39, 0.29) is 35.9 Å². The van der Waals surface area contributed by atoms with E-state index in [0.29, 0.717) is 29.9 Å². The number of aryl methyl sites for hydroxylation is 1. The predicted molar refractivity (Wildman–Crippen MR) is 120 cm³/mol. The Hall–Kier alpha value is -1.97. The van der Waals surface area contributed by atoms with Gasteiger partial charge in [-0.15, -0.1) is 11.3 Å². The third-order valence-electron chi connectivity index (χ3n) is 5.64. The van der Waals surface area contributed by atoms with Crippen LogP contribution in [-0.2, 0) is 27.4 Å². The summed E-state index contributed by atoms with van der Waals surface area (Å²) in [6, 6.07) is 0.00758. The Balaban J connectivity index is 1.65. The molecule has 0 amide bonds. The molecule has 1 N–H and O–H groups in total. The van der Waals surface area contributed by atoms with Gasteiger partial charge in [0.05, 0.1) is 24.6 Å². The first-order valence-electron chi connectivity index (χ1n) is 11.0. The van der Waals surface area contributed by atoms with E-state index < -0.39 is 5.60 Å². The van der Waals surface area contributed by atoms with Gasteiger partial charge >= 0.3 is 11.7 Å². The lowest BCUT2D eigenvalue weighted by Gasteiger charge is -2.19. The highest BCUT2D eigenvalue weighted by Gasteiger charge is 2.31. The Labute approximate surface area is 185 Å². The molecule has 1 aliphatic heterocycles. The summed E-state index contributed by atoms with van der Waals surface area (Å²) in [7, 11) is 0. The van der Waals surface area contributed by atoms with Gasteiger partial charge in [0.2, 0.25) is 0 Å².